The lowest BCUT2D eigenvalue weighted by Gasteiger charge is -2.30. The number of hydrogen-bond acceptors (Lipinski definition) is 1. The van der Waals surface area contributed by atoms with Crippen LogP contribution in [-0.2, 0) is 6.42 Å². The van der Waals surface area contributed by atoms with Gasteiger partial charge in [-0.1, -0.05) is 51.0 Å². The Balaban J connectivity index is 1.99. The van der Waals surface area contributed by atoms with Gasteiger partial charge < -0.3 is 5.73 Å². The molecule has 0 heterocycles. The van der Waals surface area contributed by atoms with Crippen molar-refractivity contribution >= 4 is 0 Å². The molecule has 0 amide bonds. The smallest absolute Gasteiger partial charge is 0.00461 e. The van der Waals surface area contributed by atoms with Gasteiger partial charge in [0.2, 0.25) is 0 Å². The first-order valence-corrected chi connectivity index (χ1v) is 7.49. The van der Waals surface area contributed by atoms with Gasteiger partial charge in [-0.3, -0.25) is 0 Å². The zero-order valence-electron chi connectivity index (χ0n) is 11.9. The van der Waals surface area contributed by atoms with E-state index < -0.39 is 0 Å². The molecule has 1 saturated carbocycles. The first kappa shape index (κ1) is 13.6. The van der Waals surface area contributed by atoms with E-state index in [1.807, 2.05) is 0 Å². The molecule has 1 fully saturated rings. The van der Waals surface area contributed by atoms with Crippen LogP contribution >= 0.6 is 0 Å². The average Bonchev–Trinajstić information content (AvgIpc) is 2.40. The van der Waals surface area contributed by atoms with Crippen LogP contribution < -0.4 is 5.73 Å². The highest BCUT2D eigenvalue weighted by Gasteiger charge is 2.23. The SMILES string of the molecule is CC(C)c1ccc(CC2CCCCC2CN)cc1. The molecule has 1 aliphatic rings. The van der Waals surface area contributed by atoms with E-state index >= 15 is 0 Å². The molecule has 100 valence electrons. The molecule has 0 bridgehead atoms. The monoisotopic (exact) mass is 245 g/mol. The summed E-state index contributed by atoms with van der Waals surface area (Å²) in [6.45, 7) is 5.37. The van der Waals surface area contributed by atoms with E-state index in [1.165, 1.54) is 43.2 Å². The molecule has 1 aromatic rings. The van der Waals surface area contributed by atoms with Crippen LogP contribution in [0.5, 0.6) is 0 Å². The molecule has 1 aromatic carbocycles. The maximum Gasteiger partial charge on any atom is -0.00461 e. The number of nitrogens with two attached hydrogens (primary N) is 1. The molecule has 1 aliphatic carbocycles. The Bertz CT molecular complexity index is 352. The standard InChI is InChI=1S/C17H27N/c1-13(2)15-9-7-14(8-10-15)11-16-5-3-4-6-17(16)12-18/h7-10,13,16-17H,3-6,11-12,18H2,1-2H3. The molecule has 0 saturated heterocycles. The largest absolute Gasteiger partial charge is 0.330 e. The van der Waals surface area contributed by atoms with Crippen LogP contribution in [0.25, 0.3) is 0 Å². The fourth-order valence-corrected chi connectivity index (χ4v) is 3.20. The van der Waals surface area contributed by atoms with E-state index in [-0.39, 0.29) is 0 Å². The minimum Gasteiger partial charge on any atom is -0.330 e. The van der Waals surface area contributed by atoms with Gasteiger partial charge >= 0.3 is 0 Å². The van der Waals surface area contributed by atoms with Crippen LogP contribution in [-0.4, -0.2) is 6.54 Å². The van der Waals surface area contributed by atoms with Crippen molar-refractivity contribution in [2.24, 2.45) is 17.6 Å². The Kier molecular flexibility index (Phi) is 4.82. The summed E-state index contributed by atoms with van der Waals surface area (Å²) in [7, 11) is 0. The average molecular weight is 245 g/mol. The number of rotatable bonds is 4. The summed E-state index contributed by atoms with van der Waals surface area (Å²) in [5.74, 6) is 2.20. The second-order valence-electron chi connectivity index (χ2n) is 6.14. The Morgan fingerprint density at radius 2 is 1.67 bits per heavy atom. The molecule has 0 radical (unpaired) electrons. The highest BCUT2D eigenvalue weighted by Crippen LogP contribution is 2.32. The summed E-state index contributed by atoms with van der Waals surface area (Å²) in [5.41, 5.74) is 8.84. The first-order chi connectivity index (χ1) is 8.70. The fraction of sp³-hybridized carbons (Fsp3) is 0.647. The summed E-state index contributed by atoms with van der Waals surface area (Å²) in [5, 5.41) is 0. The van der Waals surface area contributed by atoms with Crippen molar-refractivity contribution < 1.29 is 0 Å². The summed E-state index contributed by atoms with van der Waals surface area (Å²) >= 11 is 0. The molecule has 2 unspecified atom stereocenters. The Morgan fingerprint density at radius 3 is 2.22 bits per heavy atom. The van der Waals surface area contributed by atoms with Crippen molar-refractivity contribution in [1.82, 2.24) is 0 Å². The van der Waals surface area contributed by atoms with Crippen molar-refractivity contribution in [3.8, 4) is 0 Å². The van der Waals surface area contributed by atoms with Crippen molar-refractivity contribution in [3.63, 3.8) is 0 Å². The van der Waals surface area contributed by atoms with Gasteiger partial charge in [-0.25, -0.2) is 0 Å². The maximum absolute atomic E-state index is 5.91. The molecule has 1 heteroatoms. The van der Waals surface area contributed by atoms with Gasteiger partial charge in [0.25, 0.3) is 0 Å². The van der Waals surface area contributed by atoms with Gasteiger partial charge in [0.1, 0.15) is 0 Å². The van der Waals surface area contributed by atoms with E-state index in [4.69, 9.17) is 5.73 Å². The fourth-order valence-electron chi connectivity index (χ4n) is 3.20. The first-order valence-electron chi connectivity index (χ1n) is 7.49. The second-order valence-corrected chi connectivity index (χ2v) is 6.14. The highest BCUT2D eigenvalue weighted by molar-refractivity contribution is 5.25. The van der Waals surface area contributed by atoms with Gasteiger partial charge in [-0.2, -0.15) is 0 Å². The molecule has 0 spiro atoms. The lowest BCUT2D eigenvalue weighted by atomic mass is 9.76. The quantitative estimate of drug-likeness (QED) is 0.848. The second kappa shape index (κ2) is 6.38. The Morgan fingerprint density at radius 1 is 1.06 bits per heavy atom. The van der Waals surface area contributed by atoms with Gasteiger partial charge in [0, 0.05) is 0 Å². The van der Waals surface area contributed by atoms with E-state index in [2.05, 4.69) is 38.1 Å². The van der Waals surface area contributed by atoms with Crippen LogP contribution in [0, 0.1) is 11.8 Å². The lowest BCUT2D eigenvalue weighted by molar-refractivity contribution is 0.242. The van der Waals surface area contributed by atoms with Gasteiger partial charge in [0.15, 0.2) is 0 Å². The third-order valence-corrected chi connectivity index (χ3v) is 4.51. The minimum absolute atomic E-state index is 0.630. The molecule has 0 aliphatic heterocycles. The third kappa shape index (κ3) is 3.35. The normalized spacial score (nSPS) is 24.4. The van der Waals surface area contributed by atoms with E-state index in [0.29, 0.717) is 5.92 Å². The minimum atomic E-state index is 0.630. The zero-order valence-corrected chi connectivity index (χ0v) is 11.9. The molecule has 2 atom stereocenters. The van der Waals surface area contributed by atoms with Crippen molar-refractivity contribution in [2.75, 3.05) is 6.54 Å². The van der Waals surface area contributed by atoms with Crippen molar-refractivity contribution in [3.05, 3.63) is 35.4 Å². The molecule has 2 rings (SSSR count). The van der Waals surface area contributed by atoms with E-state index in [9.17, 15) is 0 Å². The maximum atomic E-state index is 5.91. The van der Waals surface area contributed by atoms with Crippen LogP contribution in [0.2, 0.25) is 0 Å². The molecular weight excluding hydrogens is 218 g/mol. The summed E-state index contributed by atoms with van der Waals surface area (Å²) < 4.78 is 0. The summed E-state index contributed by atoms with van der Waals surface area (Å²) in [4.78, 5) is 0. The predicted octanol–water partition coefficient (Wildman–Crippen LogP) is 4.12. The summed E-state index contributed by atoms with van der Waals surface area (Å²) in [6.07, 6.45) is 6.70. The van der Waals surface area contributed by atoms with Gasteiger partial charge in [-0.15, -0.1) is 0 Å². The van der Waals surface area contributed by atoms with Gasteiger partial charge in [-0.05, 0) is 54.7 Å². The molecule has 18 heavy (non-hydrogen) atoms. The Hall–Kier alpha value is -0.820. The highest BCUT2D eigenvalue weighted by atomic mass is 14.6. The zero-order chi connectivity index (χ0) is 13.0. The van der Waals surface area contributed by atoms with Crippen molar-refractivity contribution in [2.45, 2.75) is 51.9 Å². The Labute approximate surface area is 112 Å². The lowest BCUT2D eigenvalue weighted by Crippen LogP contribution is -2.28. The molecular formula is C17H27N. The predicted molar refractivity (Wildman–Crippen MR) is 78.7 cm³/mol. The summed E-state index contributed by atoms with van der Waals surface area (Å²) in [6, 6.07) is 9.22. The van der Waals surface area contributed by atoms with E-state index in [0.717, 1.165) is 18.4 Å². The van der Waals surface area contributed by atoms with Crippen LogP contribution in [0.3, 0.4) is 0 Å². The van der Waals surface area contributed by atoms with E-state index in [1.54, 1.807) is 0 Å². The van der Waals surface area contributed by atoms with Crippen LogP contribution in [0.1, 0.15) is 56.6 Å². The number of benzene rings is 1. The van der Waals surface area contributed by atoms with Crippen LogP contribution in [0.4, 0.5) is 0 Å². The molecule has 1 nitrogen and oxygen atoms in total. The molecule has 2 N–H and O–H groups in total. The number of hydrogen-bond donors (Lipinski definition) is 1. The topological polar surface area (TPSA) is 26.0 Å². The van der Waals surface area contributed by atoms with Crippen molar-refractivity contribution in [1.29, 1.82) is 0 Å². The van der Waals surface area contributed by atoms with Gasteiger partial charge in [0.05, 0.1) is 0 Å². The van der Waals surface area contributed by atoms with Crippen LogP contribution in [0.15, 0.2) is 24.3 Å². The third-order valence-electron chi connectivity index (χ3n) is 4.51. The molecule has 0 aromatic heterocycles.